The van der Waals surface area contributed by atoms with Gasteiger partial charge in [-0.25, -0.2) is 0 Å². The van der Waals surface area contributed by atoms with Gasteiger partial charge in [0.2, 0.25) is 5.91 Å². The molecule has 4 nitrogen and oxygen atoms in total. The largest absolute Gasteiger partial charge is 0.352 e. The maximum atomic E-state index is 10.9. The Labute approximate surface area is 100 Å². The lowest BCUT2D eigenvalue weighted by Gasteiger charge is -2.04. The first-order chi connectivity index (χ1) is 8.15. The average molecular weight is 229 g/mol. The predicted molar refractivity (Wildman–Crippen MR) is 66.2 cm³/mol. The van der Waals surface area contributed by atoms with Crippen LogP contribution in [-0.4, -0.2) is 15.7 Å². The first-order valence-electron chi connectivity index (χ1n) is 5.47. The Bertz CT molecular complexity index is 531. The number of carbonyl (C=O) groups excluding carboxylic acids is 1. The summed E-state index contributed by atoms with van der Waals surface area (Å²) >= 11 is 0. The molecule has 0 saturated carbocycles. The molecule has 0 saturated heterocycles. The second-order valence-corrected chi connectivity index (χ2v) is 4.01. The van der Waals surface area contributed by atoms with Crippen LogP contribution < -0.4 is 5.32 Å². The Morgan fingerprint density at radius 3 is 2.88 bits per heavy atom. The number of nitrogens with zero attached hydrogens (tertiary/aromatic N) is 2. The first-order valence-corrected chi connectivity index (χ1v) is 5.47. The van der Waals surface area contributed by atoms with Gasteiger partial charge >= 0.3 is 0 Å². The van der Waals surface area contributed by atoms with Crippen LogP contribution in [0.5, 0.6) is 0 Å². The van der Waals surface area contributed by atoms with Crippen LogP contribution in [0.4, 0.5) is 0 Å². The van der Waals surface area contributed by atoms with Crippen molar-refractivity contribution in [3.8, 4) is 11.1 Å². The van der Waals surface area contributed by atoms with Gasteiger partial charge in [0.1, 0.15) is 0 Å². The number of aryl methyl sites for hydroxylation is 1. The number of rotatable bonds is 3. The van der Waals surface area contributed by atoms with Gasteiger partial charge in [-0.3, -0.25) is 9.48 Å². The summed E-state index contributed by atoms with van der Waals surface area (Å²) in [5.74, 6) is -0.0169. The monoisotopic (exact) mass is 229 g/mol. The van der Waals surface area contributed by atoms with Gasteiger partial charge in [0.25, 0.3) is 0 Å². The molecule has 1 N–H and O–H groups in total. The molecule has 4 heteroatoms. The number of hydrogen-bond acceptors (Lipinski definition) is 2. The van der Waals surface area contributed by atoms with Crippen LogP contribution in [-0.2, 0) is 18.4 Å². The van der Waals surface area contributed by atoms with Crippen molar-refractivity contribution in [2.24, 2.45) is 7.05 Å². The van der Waals surface area contributed by atoms with Gasteiger partial charge in [-0.2, -0.15) is 5.10 Å². The highest BCUT2D eigenvalue weighted by Gasteiger charge is 2.01. The van der Waals surface area contributed by atoms with Crippen molar-refractivity contribution >= 4 is 5.91 Å². The van der Waals surface area contributed by atoms with Gasteiger partial charge in [-0.15, -0.1) is 0 Å². The van der Waals surface area contributed by atoms with E-state index in [1.165, 1.54) is 6.92 Å². The fraction of sp³-hybridized carbons (Fsp3) is 0.231. The molecule has 0 atom stereocenters. The minimum Gasteiger partial charge on any atom is -0.352 e. The Morgan fingerprint density at radius 1 is 1.41 bits per heavy atom. The van der Waals surface area contributed by atoms with Crippen LogP contribution in [0.3, 0.4) is 0 Å². The van der Waals surface area contributed by atoms with E-state index in [0.29, 0.717) is 6.54 Å². The number of aromatic nitrogens is 2. The van der Waals surface area contributed by atoms with Crippen molar-refractivity contribution in [1.82, 2.24) is 15.1 Å². The molecular formula is C13H15N3O. The number of nitrogens with one attached hydrogen (secondary N) is 1. The van der Waals surface area contributed by atoms with Crippen molar-refractivity contribution in [2.75, 3.05) is 0 Å². The van der Waals surface area contributed by atoms with E-state index in [-0.39, 0.29) is 5.91 Å². The summed E-state index contributed by atoms with van der Waals surface area (Å²) < 4.78 is 1.77. The highest BCUT2D eigenvalue weighted by Crippen LogP contribution is 2.19. The van der Waals surface area contributed by atoms with E-state index in [0.717, 1.165) is 16.7 Å². The summed E-state index contributed by atoms with van der Waals surface area (Å²) in [6.07, 6.45) is 3.80. The van der Waals surface area contributed by atoms with E-state index in [1.807, 2.05) is 37.6 Å². The molecular weight excluding hydrogens is 214 g/mol. The standard InChI is InChI=1S/C13H15N3O/c1-10(17)14-7-11-4-3-5-12(6-11)13-8-15-16(2)9-13/h3-6,8-9H,7H2,1-2H3,(H,14,17). The van der Waals surface area contributed by atoms with Gasteiger partial charge in [-0.1, -0.05) is 18.2 Å². The Balaban J connectivity index is 2.19. The Hall–Kier alpha value is -2.10. The SMILES string of the molecule is CC(=O)NCc1cccc(-c2cnn(C)c2)c1. The molecule has 0 unspecified atom stereocenters. The van der Waals surface area contributed by atoms with Crippen LogP contribution in [0, 0.1) is 0 Å². The van der Waals surface area contributed by atoms with Crippen molar-refractivity contribution in [3.63, 3.8) is 0 Å². The summed E-state index contributed by atoms with van der Waals surface area (Å²) in [5.41, 5.74) is 3.28. The fourth-order valence-corrected chi connectivity index (χ4v) is 1.66. The molecule has 1 amide bonds. The first kappa shape index (κ1) is 11.4. The average Bonchev–Trinajstić information content (AvgIpc) is 2.74. The van der Waals surface area contributed by atoms with E-state index in [4.69, 9.17) is 0 Å². The van der Waals surface area contributed by atoms with Gasteiger partial charge in [0.15, 0.2) is 0 Å². The van der Waals surface area contributed by atoms with Crippen molar-refractivity contribution in [3.05, 3.63) is 42.2 Å². The number of amides is 1. The molecule has 2 rings (SSSR count). The molecule has 1 aromatic carbocycles. The summed E-state index contributed by atoms with van der Waals surface area (Å²) in [6, 6.07) is 8.08. The fourth-order valence-electron chi connectivity index (χ4n) is 1.66. The van der Waals surface area contributed by atoms with Gasteiger partial charge in [0.05, 0.1) is 6.20 Å². The lowest BCUT2D eigenvalue weighted by atomic mass is 10.1. The molecule has 2 aromatic rings. The van der Waals surface area contributed by atoms with Crippen molar-refractivity contribution in [2.45, 2.75) is 13.5 Å². The molecule has 1 heterocycles. The van der Waals surface area contributed by atoms with Crippen LogP contribution in [0.2, 0.25) is 0 Å². The van der Waals surface area contributed by atoms with Crippen molar-refractivity contribution < 1.29 is 4.79 Å². The maximum Gasteiger partial charge on any atom is 0.217 e. The zero-order chi connectivity index (χ0) is 12.3. The van der Waals surface area contributed by atoms with Crippen LogP contribution in [0.1, 0.15) is 12.5 Å². The number of benzene rings is 1. The molecule has 0 radical (unpaired) electrons. The van der Waals surface area contributed by atoms with Crippen LogP contribution in [0.25, 0.3) is 11.1 Å². The molecule has 17 heavy (non-hydrogen) atoms. The van der Waals surface area contributed by atoms with E-state index in [2.05, 4.69) is 16.5 Å². The molecule has 0 spiro atoms. The Morgan fingerprint density at radius 2 is 2.24 bits per heavy atom. The van der Waals surface area contributed by atoms with Crippen LogP contribution in [0.15, 0.2) is 36.7 Å². The molecule has 0 bridgehead atoms. The highest BCUT2D eigenvalue weighted by molar-refractivity contribution is 5.73. The third-order valence-corrected chi connectivity index (χ3v) is 2.51. The third kappa shape index (κ3) is 2.93. The van der Waals surface area contributed by atoms with E-state index in [1.54, 1.807) is 4.68 Å². The number of carbonyl (C=O) groups is 1. The summed E-state index contributed by atoms with van der Waals surface area (Å²) in [6.45, 7) is 2.08. The molecule has 0 aliphatic heterocycles. The topological polar surface area (TPSA) is 46.9 Å². The highest BCUT2D eigenvalue weighted by atomic mass is 16.1. The summed E-state index contributed by atoms with van der Waals surface area (Å²) in [7, 11) is 1.89. The maximum absolute atomic E-state index is 10.9. The molecule has 0 aliphatic rings. The predicted octanol–water partition coefficient (Wildman–Crippen LogP) is 1.72. The van der Waals surface area contributed by atoms with Gasteiger partial charge < -0.3 is 5.32 Å². The van der Waals surface area contributed by atoms with Crippen molar-refractivity contribution in [1.29, 1.82) is 0 Å². The second-order valence-electron chi connectivity index (χ2n) is 4.01. The molecule has 88 valence electrons. The second kappa shape index (κ2) is 4.82. The smallest absolute Gasteiger partial charge is 0.217 e. The summed E-state index contributed by atoms with van der Waals surface area (Å²) in [4.78, 5) is 10.9. The molecule has 1 aromatic heterocycles. The van der Waals surface area contributed by atoms with E-state index < -0.39 is 0 Å². The lowest BCUT2D eigenvalue weighted by Crippen LogP contribution is -2.18. The summed E-state index contributed by atoms with van der Waals surface area (Å²) in [5, 5.41) is 6.93. The molecule has 0 aliphatic carbocycles. The van der Waals surface area contributed by atoms with E-state index >= 15 is 0 Å². The Kier molecular flexibility index (Phi) is 3.23. The van der Waals surface area contributed by atoms with E-state index in [9.17, 15) is 4.79 Å². The van der Waals surface area contributed by atoms with Gasteiger partial charge in [0, 0.05) is 32.3 Å². The van der Waals surface area contributed by atoms with Crippen LogP contribution >= 0.6 is 0 Å². The molecule has 0 fully saturated rings. The number of hydrogen-bond donors (Lipinski definition) is 1. The third-order valence-electron chi connectivity index (χ3n) is 2.51. The normalized spacial score (nSPS) is 10.2. The van der Waals surface area contributed by atoms with Gasteiger partial charge in [-0.05, 0) is 17.2 Å². The quantitative estimate of drug-likeness (QED) is 0.871. The zero-order valence-corrected chi connectivity index (χ0v) is 9.97. The minimum atomic E-state index is -0.0169. The zero-order valence-electron chi connectivity index (χ0n) is 9.97. The lowest BCUT2D eigenvalue weighted by molar-refractivity contribution is -0.119. The minimum absolute atomic E-state index is 0.0169.